The number of nitrogens with one attached hydrogen (secondary N) is 1. The molecule has 0 atom stereocenters. The summed E-state index contributed by atoms with van der Waals surface area (Å²) < 4.78 is 0. The highest BCUT2D eigenvalue weighted by Crippen LogP contribution is 2.04. The van der Waals surface area contributed by atoms with Crippen LogP contribution in [0.4, 0.5) is 0 Å². The third-order valence-corrected chi connectivity index (χ3v) is 2.42. The van der Waals surface area contributed by atoms with E-state index in [4.69, 9.17) is 0 Å². The zero-order valence-corrected chi connectivity index (χ0v) is 10.3. The Bertz CT molecular complexity index is 376. The van der Waals surface area contributed by atoms with Gasteiger partial charge in [0.2, 0.25) is 0 Å². The molecule has 0 bridgehead atoms. The molecule has 92 valence electrons. The fraction of sp³-hybridized carbons (Fsp3) is 0.385. The van der Waals surface area contributed by atoms with E-state index in [1.165, 1.54) is 4.90 Å². The fourth-order valence-corrected chi connectivity index (χ4v) is 1.51. The first-order valence-electron chi connectivity index (χ1n) is 5.80. The molecule has 1 aromatic carbocycles. The summed E-state index contributed by atoms with van der Waals surface area (Å²) in [6, 6.07) is 9.63. The van der Waals surface area contributed by atoms with Gasteiger partial charge in [-0.2, -0.15) is 0 Å². The van der Waals surface area contributed by atoms with Crippen LogP contribution in [-0.2, 0) is 16.1 Å². The van der Waals surface area contributed by atoms with Crippen LogP contribution in [-0.4, -0.2) is 29.8 Å². The summed E-state index contributed by atoms with van der Waals surface area (Å²) in [5.74, 6) is -1.01. The van der Waals surface area contributed by atoms with Crippen LogP contribution in [0.15, 0.2) is 30.3 Å². The highest BCUT2D eigenvalue weighted by molar-refractivity contribution is 6.34. The molecule has 1 rings (SSSR count). The van der Waals surface area contributed by atoms with Crippen molar-refractivity contribution in [3.63, 3.8) is 0 Å². The zero-order valence-electron chi connectivity index (χ0n) is 10.3. The molecule has 0 aromatic heterocycles. The average molecular weight is 234 g/mol. The lowest BCUT2D eigenvalue weighted by Crippen LogP contribution is -2.42. The molecule has 1 N–H and O–H groups in total. The Hall–Kier alpha value is -1.84. The van der Waals surface area contributed by atoms with Crippen molar-refractivity contribution in [3.05, 3.63) is 35.9 Å². The van der Waals surface area contributed by atoms with Gasteiger partial charge in [-0.25, -0.2) is 0 Å². The van der Waals surface area contributed by atoms with Crippen LogP contribution in [0.5, 0.6) is 0 Å². The monoisotopic (exact) mass is 234 g/mol. The number of carbonyl (C=O) groups is 2. The van der Waals surface area contributed by atoms with E-state index in [2.05, 4.69) is 5.32 Å². The molecule has 0 aliphatic rings. The predicted molar refractivity (Wildman–Crippen MR) is 66.2 cm³/mol. The first-order chi connectivity index (χ1) is 8.19. The van der Waals surface area contributed by atoms with Gasteiger partial charge < -0.3 is 10.2 Å². The minimum atomic E-state index is -0.537. The summed E-state index contributed by atoms with van der Waals surface area (Å²) in [6.07, 6.45) is 0. The second-order valence-electron chi connectivity index (χ2n) is 3.66. The zero-order chi connectivity index (χ0) is 12.7. The van der Waals surface area contributed by atoms with Crippen LogP contribution in [0.3, 0.4) is 0 Å². The van der Waals surface area contributed by atoms with Gasteiger partial charge >= 0.3 is 11.8 Å². The van der Waals surface area contributed by atoms with E-state index in [1.54, 1.807) is 6.92 Å². The minimum absolute atomic E-state index is 0.466. The smallest absolute Gasteiger partial charge is 0.312 e. The lowest BCUT2D eigenvalue weighted by atomic mass is 10.2. The van der Waals surface area contributed by atoms with E-state index in [1.807, 2.05) is 37.3 Å². The number of likely N-dealkylation sites (N-methyl/N-ethyl adjacent to an activating group) is 2. The molecule has 0 radical (unpaired) electrons. The summed E-state index contributed by atoms with van der Waals surface area (Å²) >= 11 is 0. The number of amides is 2. The number of hydrogen-bond acceptors (Lipinski definition) is 2. The fourth-order valence-electron chi connectivity index (χ4n) is 1.51. The van der Waals surface area contributed by atoms with Crippen molar-refractivity contribution < 1.29 is 9.59 Å². The van der Waals surface area contributed by atoms with Crippen LogP contribution in [0.2, 0.25) is 0 Å². The first-order valence-corrected chi connectivity index (χ1v) is 5.80. The van der Waals surface area contributed by atoms with Gasteiger partial charge in [0, 0.05) is 19.6 Å². The maximum atomic E-state index is 11.8. The number of rotatable bonds is 4. The van der Waals surface area contributed by atoms with Gasteiger partial charge in [0.1, 0.15) is 0 Å². The quantitative estimate of drug-likeness (QED) is 0.795. The topological polar surface area (TPSA) is 49.4 Å². The number of hydrogen-bond donors (Lipinski definition) is 1. The Morgan fingerprint density at radius 1 is 1.18 bits per heavy atom. The third-order valence-electron chi connectivity index (χ3n) is 2.42. The van der Waals surface area contributed by atoms with Gasteiger partial charge in [-0.3, -0.25) is 9.59 Å². The van der Waals surface area contributed by atoms with Gasteiger partial charge in [0.15, 0.2) is 0 Å². The van der Waals surface area contributed by atoms with E-state index in [0.29, 0.717) is 19.6 Å². The second kappa shape index (κ2) is 6.68. The lowest BCUT2D eigenvalue weighted by molar-refractivity contribution is -0.146. The average Bonchev–Trinajstić information content (AvgIpc) is 2.36. The number of nitrogens with zero attached hydrogens (tertiary/aromatic N) is 1. The summed E-state index contributed by atoms with van der Waals surface area (Å²) in [5.41, 5.74) is 1.02. The Morgan fingerprint density at radius 3 is 2.35 bits per heavy atom. The Labute approximate surface area is 102 Å². The normalized spacial score (nSPS) is 9.76. The van der Waals surface area contributed by atoms with E-state index >= 15 is 0 Å². The maximum absolute atomic E-state index is 11.8. The van der Waals surface area contributed by atoms with E-state index in [-0.39, 0.29) is 0 Å². The van der Waals surface area contributed by atoms with Crippen LogP contribution in [0.25, 0.3) is 0 Å². The highest BCUT2D eigenvalue weighted by Gasteiger charge is 2.19. The van der Waals surface area contributed by atoms with Crippen molar-refractivity contribution in [1.82, 2.24) is 10.2 Å². The number of carbonyl (C=O) groups excluding carboxylic acids is 2. The van der Waals surface area contributed by atoms with Gasteiger partial charge in [0.25, 0.3) is 0 Å². The van der Waals surface area contributed by atoms with Crippen LogP contribution in [0, 0.1) is 0 Å². The molecule has 0 saturated heterocycles. The molecule has 2 amide bonds. The minimum Gasteiger partial charge on any atom is -0.348 e. The molecule has 0 saturated carbocycles. The number of benzene rings is 1. The molecule has 4 heteroatoms. The maximum Gasteiger partial charge on any atom is 0.312 e. The largest absolute Gasteiger partial charge is 0.348 e. The second-order valence-corrected chi connectivity index (χ2v) is 3.66. The van der Waals surface area contributed by atoms with Crippen molar-refractivity contribution >= 4 is 11.8 Å². The summed E-state index contributed by atoms with van der Waals surface area (Å²) in [4.78, 5) is 24.7. The third kappa shape index (κ3) is 3.90. The predicted octanol–water partition coefficient (Wildman–Crippen LogP) is 1.17. The highest BCUT2D eigenvalue weighted by atomic mass is 16.2. The summed E-state index contributed by atoms with van der Waals surface area (Å²) in [6.45, 7) is 5.10. The van der Waals surface area contributed by atoms with Gasteiger partial charge in [-0.05, 0) is 19.4 Å². The van der Waals surface area contributed by atoms with Crippen molar-refractivity contribution in [3.8, 4) is 0 Å². The molecule has 1 aromatic rings. The van der Waals surface area contributed by atoms with Crippen molar-refractivity contribution in [2.75, 3.05) is 13.1 Å². The van der Waals surface area contributed by atoms with Crippen LogP contribution >= 0.6 is 0 Å². The van der Waals surface area contributed by atoms with E-state index < -0.39 is 11.8 Å². The molecule has 0 heterocycles. The van der Waals surface area contributed by atoms with Gasteiger partial charge in [0.05, 0.1) is 0 Å². The van der Waals surface area contributed by atoms with Gasteiger partial charge in [-0.15, -0.1) is 0 Å². The molecule has 0 aliphatic carbocycles. The van der Waals surface area contributed by atoms with Crippen molar-refractivity contribution in [2.24, 2.45) is 0 Å². The molecule has 4 nitrogen and oxygen atoms in total. The SMILES string of the molecule is CCNC(=O)C(=O)N(CC)Cc1ccccc1. The molecule has 0 aliphatic heterocycles. The molecule has 0 unspecified atom stereocenters. The molecule has 17 heavy (non-hydrogen) atoms. The van der Waals surface area contributed by atoms with Crippen LogP contribution in [0.1, 0.15) is 19.4 Å². The lowest BCUT2D eigenvalue weighted by Gasteiger charge is -2.20. The van der Waals surface area contributed by atoms with Crippen molar-refractivity contribution in [1.29, 1.82) is 0 Å². The molecular weight excluding hydrogens is 216 g/mol. The molecular formula is C13H18N2O2. The summed E-state index contributed by atoms with van der Waals surface area (Å²) in [7, 11) is 0. The van der Waals surface area contributed by atoms with Crippen LogP contribution < -0.4 is 5.32 Å². The van der Waals surface area contributed by atoms with Crippen molar-refractivity contribution in [2.45, 2.75) is 20.4 Å². The van der Waals surface area contributed by atoms with E-state index in [0.717, 1.165) is 5.56 Å². The Kier molecular flexibility index (Phi) is 5.20. The standard InChI is InChI=1S/C13H18N2O2/c1-3-14-12(16)13(17)15(4-2)10-11-8-6-5-7-9-11/h5-9H,3-4,10H2,1-2H3,(H,14,16). The Morgan fingerprint density at radius 2 is 1.82 bits per heavy atom. The molecule has 0 spiro atoms. The van der Waals surface area contributed by atoms with E-state index in [9.17, 15) is 9.59 Å². The summed E-state index contributed by atoms with van der Waals surface area (Å²) in [5, 5.41) is 2.52. The van der Waals surface area contributed by atoms with Gasteiger partial charge in [-0.1, -0.05) is 30.3 Å². The first kappa shape index (κ1) is 13.2. The Balaban J connectivity index is 2.66. The molecule has 0 fully saturated rings.